The summed E-state index contributed by atoms with van der Waals surface area (Å²) in [6, 6.07) is 17.0. The number of thiazole rings is 1. The van der Waals surface area contributed by atoms with Crippen LogP contribution in [0.15, 0.2) is 72.4 Å². The summed E-state index contributed by atoms with van der Waals surface area (Å²) in [5.41, 5.74) is 3.58. The lowest BCUT2D eigenvalue weighted by Crippen LogP contribution is -2.52. The molecule has 17 heteroatoms. The predicted octanol–water partition coefficient (Wildman–Crippen LogP) is 4.04. The van der Waals surface area contributed by atoms with Crippen LogP contribution in [0.5, 0.6) is 0 Å². The Hall–Kier alpha value is -5.32. The van der Waals surface area contributed by atoms with Crippen LogP contribution in [-0.2, 0) is 57.8 Å². The third-order valence-corrected chi connectivity index (χ3v) is 9.20. The number of rotatable bonds is 15. The van der Waals surface area contributed by atoms with Crippen LogP contribution in [0.4, 0.5) is 18.0 Å². The summed E-state index contributed by atoms with van der Waals surface area (Å²) in [6.07, 6.45) is -2.29. The Labute approximate surface area is 302 Å². The summed E-state index contributed by atoms with van der Waals surface area (Å²) in [6.45, 7) is 0.852. The van der Waals surface area contributed by atoms with E-state index in [1.165, 1.54) is 23.2 Å². The zero-order valence-corrected chi connectivity index (χ0v) is 29.2. The third kappa shape index (κ3) is 11.1. The Morgan fingerprint density at radius 2 is 1.52 bits per heavy atom. The maximum Gasteiger partial charge on any atom is 0.451 e. The van der Waals surface area contributed by atoms with Gasteiger partial charge in [0.2, 0.25) is 23.5 Å². The summed E-state index contributed by atoms with van der Waals surface area (Å²) >= 11 is 1.37. The van der Waals surface area contributed by atoms with Crippen molar-refractivity contribution in [3.8, 4) is 0 Å². The third-order valence-electron chi connectivity index (χ3n) is 8.44. The summed E-state index contributed by atoms with van der Waals surface area (Å²) in [5.74, 6) is -2.84. The van der Waals surface area contributed by atoms with Crippen LogP contribution < -0.4 is 16.0 Å². The van der Waals surface area contributed by atoms with E-state index in [0.29, 0.717) is 25.7 Å². The Morgan fingerprint density at radius 3 is 2.10 bits per heavy atom. The van der Waals surface area contributed by atoms with Crippen molar-refractivity contribution in [2.45, 2.75) is 83.0 Å². The minimum absolute atomic E-state index is 0.0264. The van der Waals surface area contributed by atoms with Gasteiger partial charge in [0.1, 0.15) is 12.6 Å². The number of halogens is 3. The molecule has 0 aliphatic carbocycles. The fraction of sp³-hybridized carbons (Fsp3) is 0.400. The number of amides is 4. The SMILES string of the molecule is CC(=O)NC(CC(=O)N1CCn2c(nnc2C(F)(F)F)C1)C(=O)NC(CCC(Cc1ccccc1)NC(=O)OCc1cncs1)Cc1ccccc1. The van der Waals surface area contributed by atoms with Crippen molar-refractivity contribution >= 4 is 35.2 Å². The monoisotopic (exact) mass is 740 g/mol. The quantitative estimate of drug-likeness (QED) is 0.165. The molecule has 3 atom stereocenters. The van der Waals surface area contributed by atoms with Crippen LogP contribution >= 0.6 is 11.3 Å². The van der Waals surface area contributed by atoms with Crippen LogP contribution in [0.3, 0.4) is 0 Å². The molecule has 0 spiro atoms. The maximum absolute atomic E-state index is 13.8. The van der Waals surface area contributed by atoms with Gasteiger partial charge >= 0.3 is 12.3 Å². The molecule has 1 aliphatic rings. The molecule has 276 valence electrons. The van der Waals surface area contributed by atoms with Crippen LogP contribution in [0, 0.1) is 0 Å². The van der Waals surface area contributed by atoms with Crippen molar-refractivity contribution in [3.05, 3.63) is 100 Å². The number of alkyl halides is 3. The van der Waals surface area contributed by atoms with Crippen LogP contribution in [0.2, 0.25) is 0 Å². The molecule has 52 heavy (non-hydrogen) atoms. The van der Waals surface area contributed by atoms with Crippen LogP contribution in [-0.4, -0.2) is 73.1 Å². The number of nitrogens with one attached hydrogen (secondary N) is 3. The zero-order valence-electron chi connectivity index (χ0n) is 28.3. The summed E-state index contributed by atoms with van der Waals surface area (Å²) < 4.78 is 46.3. The second-order valence-electron chi connectivity index (χ2n) is 12.4. The largest absolute Gasteiger partial charge is 0.451 e. The highest BCUT2D eigenvalue weighted by molar-refractivity contribution is 7.09. The average Bonchev–Trinajstić information content (AvgIpc) is 3.80. The number of ether oxygens (including phenoxy) is 1. The van der Waals surface area contributed by atoms with Gasteiger partial charge in [0, 0.05) is 38.3 Å². The van der Waals surface area contributed by atoms with Crippen LogP contribution in [0.25, 0.3) is 0 Å². The van der Waals surface area contributed by atoms with E-state index in [2.05, 4.69) is 31.1 Å². The highest BCUT2D eigenvalue weighted by Crippen LogP contribution is 2.29. The van der Waals surface area contributed by atoms with E-state index in [9.17, 15) is 32.3 Å². The Bertz CT molecular complexity index is 1790. The summed E-state index contributed by atoms with van der Waals surface area (Å²) in [7, 11) is 0. The second kappa shape index (κ2) is 17.7. The normalized spacial score (nSPS) is 14.4. The number of hydrogen-bond acceptors (Lipinski definition) is 9. The highest BCUT2D eigenvalue weighted by Gasteiger charge is 2.40. The van der Waals surface area contributed by atoms with E-state index in [-0.39, 0.29) is 38.1 Å². The lowest BCUT2D eigenvalue weighted by Gasteiger charge is -2.30. The number of fused-ring (bicyclic) bond motifs is 1. The molecular formula is C35H39F3N8O5S. The molecule has 4 aromatic rings. The van der Waals surface area contributed by atoms with Gasteiger partial charge < -0.3 is 30.2 Å². The molecule has 3 unspecified atom stereocenters. The molecule has 5 rings (SSSR count). The molecule has 0 saturated heterocycles. The number of aromatic nitrogens is 4. The van der Waals surface area contributed by atoms with Gasteiger partial charge in [-0.2, -0.15) is 13.2 Å². The molecular weight excluding hydrogens is 701 g/mol. The standard InChI is InChI=1S/C35H39F3N8O5S/c1-23(47)40-29(18-31(48)45-14-15-46-30(20-45)43-44-33(46)35(36,37)38)32(49)41-26(16-24-8-4-2-5-9-24)12-13-27(17-25-10-6-3-7-11-25)42-34(50)51-21-28-19-39-22-52-28/h2-11,19,22,26-27,29H,12-18,20-21H2,1H3,(H,40,47)(H,41,49)(H,42,50). The van der Waals surface area contributed by atoms with Gasteiger partial charge in [-0.3, -0.25) is 19.4 Å². The minimum atomic E-state index is -4.69. The van der Waals surface area contributed by atoms with Gasteiger partial charge in [0.05, 0.1) is 23.4 Å². The number of nitrogens with zero attached hydrogens (tertiary/aromatic N) is 5. The van der Waals surface area contributed by atoms with Gasteiger partial charge in [-0.15, -0.1) is 21.5 Å². The van der Waals surface area contributed by atoms with Crippen molar-refractivity contribution in [3.63, 3.8) is 0 Å². The summed E-state index contributed by atoms with van der Waals surface area (Å²) in [5, 5.41) is 15.4. The molecule has 4 amide bonds. The van der Waals surface area contributed by atoms with E-state index in [0.717, 1.165) is 20.6 Å². The first-order chi connectivity index (χ1) is 24.9. The van der Waals surface area contributed by atoms with Crippen molar-refractivity contribution < 1.29 is 37.1 Å². The van der Waals surface area contributed by atoms with Crippen molar-refractivity contribution in [1.29, 1.82) is 0 Å². The molecule has 0 fully saturated rings. The van der Waals surface area contributed by atoms with Crippen molar-refractivity contribution in [1.82, 2.24) is 40.6 Å². The first kappa shape index (κ1) is 37.9. The van der Waals surface area contributed by atoms with Crippen LogP contribution in [0.1, 0.15) is 53.8 Å². The molecule has 13 nitrogen and oxygen atoms in total. The second-order valence-corrected chi connectivity index (χ2v) is 13.4. The molecule has 2 aromatic carbocycles. The first-order valence-corrected chi connectivity index (χ1v) is 17.6. The molecule has 0 bridgehead atoms. The fourth-order valence-electron chi connectivity index (χ4n) is 5.95. The molecule has 1 aliphatic heterocycles. The van der Waals surface area contributed by atoms with Gasteiger partial charge in [-0.05, 0) is 36.8 Å². The van der Waals surface area contributed by atoms with Gasteiger partial charge in [0.15, 0.2) is 5.82 Å². The predicted molar refractivity (Wildman–Crippen MR) is 183 cm³/mol. The maximum atomic E-state index is 13.8. The van der Waals surface area contributed by atoms with Gasteiger partial charge in [-0.1, -0.05) is 60.7 Å². The lowest BCUT2D eigenvalue weighted by molar-refractivity contribution is -0.148. The Balaban J connectivity index is 1.26. The smallest absolute Gasteiger partial charge is 0.444 e. The number of carbonyl (C=O) groups is 4. The number of alkyl carbamates (subject to hydrolysis) is 1. The minimum Gasteiger partial charge on any atom is -0.444 e. The molecule has 0 saturated carbocycles. The van der Waals surface area contributed by atoms with E-state index in [1.54, 1.807) is 11.7 Å². The number of hydrogen-bond donors (Lipinski definition) is 3. The first-order valence-electron chi connectivity index (χ1n) is 16.7. The Kier molecular flexibility index (Phi) is 12.9. The molecule has 3 N–H and O–H groups in total. The average molecular weight is 741 g/mol. The topological polar surface area (TPSA) is 160 Å². The van der Waals surface area contributed by atoms with E-state index in [4.69, 9.17) is 4.74 Å². The molecule has 3 heterocycles. The van der Waals surface area contributed by atoms with E-state index < -0.39 is 54.3 Å². The van der Waals surface area contributed by atoms with E-state index in [1.807, 2.05) is 60.7 Å². The number of carbonyl (C=O) groups excluding carboxylic acids is 4. The summed E-state index contributed by atoms with van der Waals surface area (Å²) in [4.78, 5) is 58.2. The Morgan fingerprint density at radius 1 is 0.885 bits per heavy atom. The fourth-order valence-corrected chi connectivity index (χ4v) is 6.45. The molecule has 0 radical (unpaired) electrons. The molecule has 2 aromatic heterocycles. The van der Waals surface area contributed by atoms with E-state index >= 15 is 0 Å². The zero-order chi connectivity index (χ0) is 37.1. The van der Waals surface area contributed by atoms with Gasteiger partial charge in [-0.25, -0.2) is 4.79 Å². The van der Waals surface area contributed by atoms with Crippen molar-refractivity contribution in [2.75, 3.05) is 6.54 Å². The number of benzene rings is 2. The van der Waals surface area contributed by atoms with Crippen molar-refractivity contribution in [2.24, 2.45) is 0 Å². The highest BCUT2D eigenvalue weighted by atomic mass is 32.1. The lowest BCUT2D eigenvalue weighted by atomic mass is 9.95. The van der Waals surface area contributed by atoms with Gasteiger partial charge in [0.25, 0.3) is 0 Å².